The number of furan rings is 1. The number of likely N-dealkylation sites (tertiary alicyclic amines) is 1. The number of methoxy groups -OCH3 is 1. The molecule has 0 spiro atoms. The largest absolute Gasteiger partial charge is 0.451 e. The van der Waals surface area contributed by atoms with E-state index in [1.807, 2.05) is 29.2 Å². The number of nitrogens with zero attached hydrogens (tertiary/aromatic N) is 1. The van der Waals surface area contributed by atoms with Crippen molar-refractivity contribution in [1.29, 1.82) is 0 Å². The third-order valence-corrected chi connectivity index (χ3v) is 5.04. The van der Waals surface area contributed by atoms with Crippen LogP contribution >= 0.6 is 0 Å². The zero-order valence-corrected chi connectivity index (χ0v) is 14.4. The fourth-order valence-corrected chi connectivity index (χ4v) is 3.73. The van der Waals surface area contributed by atoms with E-state index in [4.69, 9.17) is 18.6 Å². The molecule has 0 saturated carbocycles. The van der Waals surface area contributed by atoms with Crippen LogP contribution in [-0.2, 0) is 20.8 Å². The highest BCUT2D eigenvalue weighted by Gasteiger charge is 2.33. The third-order valence-electron chi connectivity index (χ3n) is 5.04. The minimum absolute atomic E-state index is 0.0602. The molecule has 6 heteroatoms. The molecule has 2 aliphatic rings. The van der Waals surface area contributed by atoms with Crippen LogP contribution in [0.3, 0.4) is 0 Å². The van der Waals surface area contributed by atoms with Crippen molar-refractivity contribution in [2.45, 2.75) is 25.7 Å². The van der Waals surface area contributed by atoms with Crippen molar-refractivity contribution < 1.29 is 23.4 Å². The molecule has 2 fully saturated rings. The Labute approximate surface area is 146 Å². The van der Waals surface area contributed by atoms with Crippen LogP contribution in [0.2, 0.25) is 0 Å². The predicted molar refractivity (Wildman–Crippen MR) is 91.2 cm³/mol. The average molecular weight is 345 g/mol. The van der Waals surface area contributed by atoms with Gasteiger partial charge in [-0.2, -0.15) is 0 Å². The van der Waals surface area contributed by atoms with Gasteiger partial charge in [-0.1, -0.05) is 18.2 Å². The van der Waals surface area contributed by atoms with Gasteiger partial charge in [-0.05, 0) is 18.9 Å². The van der Waals surface area contributed by atoms with Crippen molar-refractivity contribution in [1.82, 2.24) is 4.90 Å². The monoisotopic (exact) mass is 345 g/mol. The molecule has 3 heterocycles. The van der Waals surface area contributed by atoms with Crippen LogP contribution < -0.4 is 0 Å². The normalized spacial score (nSPS) is 19.8. The van der Waals surface area contributed by atoms with E-state index >= 15 is 0 Å². The van der Waals surface area contributed by atoms with Crippen molar-refractivity contribution in [3.63, 3.8) is 0 Å². The summed E-state index contributed by atoms with van der Waals surface area (Å²) in [6.07, 6.45) is 1.67. The van der Waals surface area contributed by atoms with Gasteiger partial charge in [0.05, 0.1) is 19.8 Å². The number of benzene rings is 1. The lowest BCUT2D eigenvalue weighted by atomic mass is 9.96. The van der Waals surface area contributed by atoms with E-state index in [9.17, 15) is 4.79 Å². The molecular weight excluding hydrogens is 322 g/mol. The summed E-state index contributed by atoms with van der Waals surface area (Å²) in [6, 6.07) is 7.69. The molecule has 25 heavy (non-hydrogen) atoms. The van der Waals surface area contributed by atoms with E-state index < -0.39 is 0 Å². The second kappa shape index (κ2) is 7.15. The molecule has 0 atom stereocenters. The van der Waals surface area contributed by atoms with Gasteiger partial charge in [0.15, 0.2) is 12.1 Å². The quantitative estimate of drug-likeness (QED) is 0.853. The van der Waals surface area contributed by atoms with Gasteiger partial charge >= 0.3 is 0 Å². The van der Waals surface area contributed by atoms with Crippen LogP contribution in [0.25, 0.3) is 11.0 Å². The van der Waals surface area contributed by atoms with Crippen LogP contribution in [0.5, 0.6) is 0 Å². The molecule has 0 radical (unpaired) electrons. The second-order valence-corrected chi connectivity index (χ2v) is 6.58. The summed E-state index contributed by atoms with van der Waals surface area (Å²) in [5, 5.41) is 0.940. The number of hydrogen-bond acceptors (Lipinski definition) is 5. The average Bonchev–Trinajstić information content (AvgIpc) is 3.30. The molecule has 6 nitrogen and oxygen atoms in total. The number of rotatable bonds is 4. The zero-order valence-electron chi connectivity index (χ0n) is 14.4. The van der Waals surface area contributed by atoms with Crippen LogP contribution in [0, 0.1) is 5.92 Å². The van der Waals surface area contributed by atoms with Crippen molar-refractivity contribution >= 4 is 16.9 Å². The summed E-state index contributed by atoms with van der Waals surface area (Å²) in [5.74, 6) is 0.700. The summed E-state index contributed by atoms with van der Waals surface area (Å²) < 4.78 is 22.4. The maximum atomic E-state index is 13.0. The van der Waals surface area contributed by atoms with Gasteiger partial charge in [-0.3, -0.25) is 4.79 Å². The maximum absolute atomic E-state index is 13.0. The summed E-state index contributed by atoms with van der Waals surface area (Å²) in [5.41, 5.74) is 1.55. The Morgan fingerprint density at radius 3 is 2.64 bits per heavy atom. The first-order chi connectivity index (χ1) is 12.3. The summed E-state index contributed by atoms with van der Waals surface area (Å²) in [4.78, 5) is 14.9. The topological polar surface area (TPSA) is 61.1 Å². The van der Waals surface area contributed by atoms with Crippen molar-refractivity contribution in [2.24, 2.45) is 5.92 Å². The first kappa shape index (κ1) is 16.6. The molecule has 1 aromatic heterocycles. The first-order valence-electron chi connectivity index (χ1n) is 8.79. The highest BCUT2D eigenvalue weighted by molar-refractivity contribution is 5.99. The Balaban J connectivity index is 1.51. The van der Waals surface area contributed by atoms with E-state index in [1.165, 1.54) is 0 Å². The fraction of sp³-hybridized carbons (Fsp3) is 0.526. The molecule has 1 amide bonds. The molecule has 0 aliphatic carbocycles. The number of carbonyl (C=O) groups excluding carboxylic acids is 1. The summed E-state index contributed by atoms with van der Waals surface area (Å²) >= 11 is 0. The fourth-order valence-electron chi connectivity index (χ4n) is 3.73. The molecule has 0 unspecified atom stereocenters. The Bertz CT molecular complexity index is 741. The van der Waals surface area contributed by atoms with Gasteiger partial charge in [0.1, 0.15) is 5.58 Å². The summed E-state index contributed by atoms with van der Waals surface area (Å²) in [7, 11) is 1.63. The Hall–Kier alpha value is -1.89. The lowest BCUT2D eigenvalue weighted by Crippen LogP contribution is -2.41. The van der Waals surface area contributed by atoms with E-state index in [-0.39, 0.29) is 12.2 Å². The van der Waals surface area contributed by atoms with Crippen LogP contribution in [0.1, 0.15) is 29.0 Å². The predicted octanol–water partition coefficient (Wildman–Crippen LogP) is 2.80. The van der Waals surface area contributed by atoms with Crippen molar-refractivity contribution in [3.05, 3.63) is 35.6 Å². The van der Waals surface area contributed by atoms with Gasteiger partial charge in [0, 0.05) is 37.1 Å². The maximum Gasteiger partial charge on any atom is 0.289 e. The van der Waals surface area contributed by atoms with Crippen LogP contribution in [0.15, 0.2) is 28.7 Å². The van der Waals surface area contributed by atoms with Gasteiger partial charge < -0.3 is 23.5 Å². The minimum atomic E-state index is -0.104. The second-order valence-electron chi connectivity index (χ2n) is 6.58. The zero-order chi connectivity index (χ0) is 17.2. The van der Waals surface area contributed by atoms with Crippen LogP contribution in [-0.4, -0.2) is 50.5 Å². The van der Waals surface area contributed by atoms with Gasteiger partial charge in [-0.25, -0.2) is 0 Å². The lowest BCUT2D eigenvalue weighted by molar-refractivity contribution is -0.0956. The van der Waals surface area contributed by atoms with Crippen molar-refractivity contribution in [3.8, 4) is 0 Å². The minimum Gasteiger partial charge on any atom is -0.451 e. The van der Waals surface area contributed by atoms with Gasteiger partial charge in [-0.15, -0.1) is 0 Å². The smallest absolute Gasteiger partial charge is 0.289 e. The van der Waals surface area contributed by atoms with Crippen LogP contribution in [0.4, 0.5) is 0 Å². The highest BCUT2D eigenvalue weighted by Crippen LogP contribution is 2.30. The Morgan fingerprint density at radius 2 is 1.92 bits per heavy atom. The van der Waals surface area contributed by atoms with Gasteiger partial charge in [0.25, 0.3) is 5.91 Å². The molecule has 0 N–H and O–H groups in total. The molecule has 2 saturated heterocycles. The Kier molecular flexibility index (Phi) is 4.74. The number of amides is 1. The molecular formula is C19H23NO5. The van der Waals surface area contributed by atoms with Gasteiger partial charge in [0.2, 0.25) is 0 Å². The number of piperidine rings is 1. The molecule has 4 rings (SSSR count). The van der Waals surface area contributed by atoms with Crippen molar-refractivity contribution in [2.75, 3.05) is 33.4 Å². The SMILES string of the molecule is COCc1c(C(=O)N2CCC(C3OCCO3)CC2)oc2ccccc12. The van der Waals surface area contributed by atoms with E-state index in [2.05, 4.69) is 0 Å². The Morgan fingerprint density at radius 1 is 1.20 bits per heavy atom. The number of para-hydroxylation sites is 1. The standard InChI is InChI=1S/C19H23NO5/c1-22-12-15-14-4-2-3-5-16(14)25-17(15)18(21)20-8-6-13(7-9-20)19-23-10-11-24-19/h2-5,13,19H,6-12H2,1H3. The molecule has 2 aliphatic heterocycles. The number of fused-ring (bicyclic) bond motifs is 1. The molecule has 134 valence electrons. The van der Waals surface area contributed by atoms with E-state index in [0.29, 0.717) is 44.6 Å². The number of carbonyl (C=O) groups is 1. The third kappa shape index (κ3) is 3.17. The molecule has 2 aromatic rings. The lowest BCUT2D eigenvalue weighted by Gasteiger charge is -2.33. The number of hydrogen-bond donors (Lipinski definition) is 0. The van der Waals surface area contributed by atoms with E-state index in [0.717, 1.165) is 29.4 Å². The molecule has 0 bridgehead atoms. The van der Waals surface area contributed by atoms with E-state index in [1.54, 1.807) is 7.11 Å². The highest BCUT2D eigenvalue weighted by atomic mass is 16.7. The number of ether oxygens (including phenoxy) is 3. The summed E-state index contributed by atoms with van der Waals surface area (Å²) in [6.45, 7) is 3.08. The molecule has 1 aromatic carbocycles. The first-order valence-corrected chi connectivity index (χ1v) is 8.79.